The lowest BCUT2D eigenvalue weighted by molar-refractivity contribution is -0.144. The molecule has 5 heterocycles. The summed E-state index contributed by atoms with van der Waals surface area (Å²) in [6.07, 6.45) is 1.55. The molecular weight excluding hydrogens is 1060 g/mol. The number of aromatic amines is 3. The van der Waals surface area contributed by atoms with Crippen LogP contribution in [-0.2, 0) is 76.8 Å². The summed E-state index contributed by atoms with van der Waals surface area (Å²) in [4.78, 5) is 179. The number of amides is 10. The quantitative estimate of drug-likeness (QED) is 0.0524. The molecule has 2 saturated heterocycles. The molecule has 0 aliphatic carbocycles. The molecule has 29 heteroatoms. The molecule has 29 nitrogen and oxygen atoms in total. The Morgan fingerprint density at radius 1 is 0.753 bits per heavy atom. The molecule has 81 heavy (non-hydrogen) atoms. The molecule has 2 aliphatic rings. The highest BCUT2D eigenvalue weighted by atomic mass is 16.4. The number of aromatic nitrogens is 4. The standard InChI is InChI=1S/C52H63N15O14/c1-24-51(79)67-13-7-12-38(67)48(76)63-35(46(74)65-37(52(80)81)15-27-20-57-32-11-6-4-9-30(27)32)17-39(69)42(54)49(77)64-36(18-40(53)70)47(75)61-33(14-26-19-56-31-10-5-3-8-29(26)31)45(73)62-34(16-28-21-55-23-59-28)44(72)58-22-41(71)66-43(25(2)68)50(78)60-24/h3-6,8-11,19-21,23-25,33-38,42-43,56-57,68H,7,12-18,22,54H2,1-2H3,(H2,53,70)(H,55,59)(H,58,72)(H,60,78)(H,61,75)(H,62,73)(H,63,76)(H,64,77)(H,65,74)(H,66,71)(H,80,81)/t24-,25+,33-,34-,35-,36?,37-,38-,42?,43-/m0/s1. The van der Waals surface area contributed by atoms with Crippen LogP contribution >= 0.6 is 0 Å². The molecular formula is C52H63N15O14. The van der Waals surface area contributed by atoms with E-state index in [0.29, 0.717) is 38.6 Å². The van der Waals surface area contributed by atoms with Gasteiger partial charge in [0.25, 0.3) is 0 Å². The largest absolute Gasteiger partial charge is 0.480 e. The highest BCUT2D eigenvalue weighted by Crippen LogP contribution is 2.23. The zero-order chi connectivity index (χ0) is 58.7. The molecule has 7 rings (SSSR count). The summed E-state index contributed by atoms with van der Waals surface area (Å²) in [5.74, 6) is -13.6. The SMILES string of the molecule is C[C@@H]1NC(=O)[C@H]([C@@H](C)O)NC(=O)CNC(=O)[C@H](Cc2cnc[nH]2)NC(=O)[C@H](Cc2c[nH]c3ccccc23)NC(=O)C(CC(N)=O)NC(=O)C(N)C(=O)C[C@@H](C(=O)N[C@@H](Cc2c[nH]c3ccccc23)C(=O)O)NC(=O)[C@@H]2CCCN2C1=O. The minimum Gasteiger partial charge on any atom is -0.480 e. The van der Waals surface area contributed by atoms with Gasteiger partial charge in [-0.3, -0.25) is 52.7 Å². The molecule has 5 aromatic rings. The molecule has 10 atom stereocenters. The van der Waals surface area contributed by atoms with E-state index >= 15 is 0 Å². The number of H-pyrrole nitrogens is 3. The molecule has 0 spiro atoms. The fourth-order valence-electron chi connectivity index (χ4n) is 9.55. The zero-order valence-electron chi connectivity index (χ0n) is 43.9. The van der Waals surface area contributed by atoms with Gasteiger partial charge in [-0.25, -0.2) is 9.78 Å². The van der Waals surface area contributed by atoms with Gasteiger partial charge < -0.3 is 84.1 Å². The van der Waals surface area contributed by atoms with Gasteiger partial charge >= 0.3 is 5.97 Å². The lowest BCUT2D eigenvalue weighted by atomic mass is 10.0. The number of carbonyl (C=O) groups excluding carboxylic acids is 11. The summed E-state index contributed by atoms with van der Waals surface area (Å²) in [5, 5.41) is 41.3. The van der Waals surface area contributed by atoms with E-state index in [-0.39, 0.29) is 38.6 Å². The number of ketones is 1. The molecule has 10 amide bonds. The number of Topliss-reactive ketones (excluding diaryl/α,β-unsaturated/α-hetero) is 1. The van der Waals surface area contributed by atoms with Crippen LogP contribution < -0.4 is 54.0 Å². The Balaban J connectivity index is 1.22. The summed E-state index contributed by atoms with van der Waals surface area (Å²) in [5.41, 5.74) is 14.3. The Kier molecular flexibility index (Phi) is 19.3. The highest BCUT2D eigenvalue weighted by Gasteiger charge is 2.41. The van der Waals surface area contributed by atoms with Crippen LogP contribution in [0.15, 0.2) is 73.4 Å². The van der Waals surface area contributed by atoms with Crippen molar-refractivity contribution in [3.8, 4) is 0 Å². The number of carbonyl (C=O) groups is 12. The monoisotopic (exact) mass is 1120 g/mol. The lowest BCUT2D eigenvalue weighted by Gasteiger charge is -2.30. The first kappa shape index (κ1) is 59.2. The topological polar surface area (TPSA) is 457 Å². The van der Waals surface area contributed by atoms with E-state index in [1.54, 1.807) is 60.9 Å². The van der Waals surface area contributed by atoms with Crippen LogP contribution in [0.25, 0.3) is 21.8 Å². The zero-order valence-corrected chi connectivity index (χ0v) is 43.9. The summed E-state index contributed by atoms with van der Waals surface area (Å²) >= 11 is 0. The number of rotatable bonds is 12. The molecule has 430 valence electrons. The molecule has 2 aromatic carbocycles. The highest BCUT2D eigenvalue weighted by molar-refractivity contribution is 6.09. The normalized spacial score (nSPS) is 24.3. The van der Waals surface area contributed by atoms with E-state index < -0.39 is 151 Å². The second kappa shape index (κ2) is 26.4. The first-order chi connectivity index (χ1) is 38.6. The van der Waals surface area contributed by atoms with Gasteiger partial charge in [0, 0.05) is 78.3 Å². The van der Waals surface area contributed by atoms with E-state index in [4.69, 9.17) is 11.5 Å². The Hall–Kier alpha value is -9.51. The number of benzene rings is 2. The fraction of sp³-hybridized carbons (Fsp3) is 0.404. The number of fused-ring (bicyclic) bond motifs is 3. The van der Waals surface area contributed by atoms with Gasteiger partial charge in [-0.05, 0) is 49.9 Å². The number of aliphatic carboxylic acids is 1. The molecule has 0 radical (unpaired) electrons. The van der Waals surface area contributed by atoms with Crippen molar-refractivity contribution >= 4 is 92.6 Å². The third-order valence-corrected chi connectivity index (χ3v) is 13.8. The number of hydrogen-bond acceptors (Lipinski definition) is 15. The average molecular weight is 1120 g/mol. The second-order valence-corrected chi connectivity index (χ2v) is 19.8. The third kappa shape index (κ3) is 15.0. The van der Waals surface area contributed by atoms with Crippen LogP contribution in [0.4, 0.5) is 0 Å². The number of carboxylic acid groups (broad SMARTS) is 1. The van der Waals surface area contributed by atoms with Gasteiger partial charge in [0.2, 0.25) is 59.1 Å². The van der Waals surface area contributed by atoms with Crippen LogP contribution in [0.3, 0.4) is 0 Å². The summed E-state index contributed by atoms with van der Waals surface area (Å²) in [6.45, 7) is 1.57. The first-order valence-electron chi connectivity index (χ1n) is 25.8. The summed E-state index contributed by atoms with van der Waals surface area (Å²) in [7, 11) is 0. The van der Waals surface area contributed by atoms with Crippen molar-refractivity contribution in [1.29, 1.82) is 0 Å². The van der Waals surface area contributed by atoms with Crippen LogP contribution in [0, 0.1) is 0 Å². The number of para-hydroxylation sites is 2. The van der Waals surface area contributed by atoms with Gasteiger partial charge in [-0.15, -0.1) is 0 Å². The van der Waals surface area contributed by atoms with Crippen LogP contribution in [0.2, 0.25) is 0 Å². The number of imidazole rings is 1. The molecule has 3 aromatic heterocycles. The Morgan fingerprint density at radius 3 is 2.00 bits per heavy atom. The van der Waals surface area contributed by atoms with E-state index in [9.17, 15) is 67.7 Å². The van der Waals surface area contributed by atoms with E-state index in [1.165, 1.54) is 26.4 Å². The Morgan fingerprint density at radius 2 is 1.37 bits per heavy atom. The smallest absolute Gasteiger partial charge is 0.326 e. The molecule has 17 N–H and O–H groups in total. The van der Waals surface area contributed by atoms with Crippen LogP contribution in [0.1, 0.15) is 56.4 Å². The maximum atomic E-state index is 14.5. The number of carboxylic acids is 1. The van der Waals surface area contributed by atoms with Crippen molar-refractivity contribution in [3.63, 3.8) is 0 Å². The van der Waals surface area contributed by atoms with Crippen molar-refractivity contribution < 1.29 is 67.7 Å². The van der Waals surface area contributed by atoms with E-state index in [2.05, 4.69) is 62.5 Å². The summed E-state index contributed by atoms with van der Waals surface area (Å²) in [6, 6.07) is -1.58. The van der Waals surface area contributed by atoms with Crippen molar-refractivity contribution in [1.82, 2.24) is 67.4 Å². The predicted octanol–water partition coefficient (Wildman–Crippen LogP) is -4.44. The number of hydrogen-bond donors (Lipinski definition) is 15. The summed E-state index contributed by atoms with van der Waals surface area (Å²) < 4.78 is 0. The molecule has 2 aliphatic heterocycles. The molecule has 2 unspecified atom stereocenters. The maximum absolute atomic E-state index is 14.5. The number of aliphatic hydroxyl groups excluding tert-OH is 1. The Bertz CT molecular complexity index is 3210. The van der Waals surface area contributed by atoms with Gasteiger partial charge in [0.05, 0.1) is 25.4 Å². The minimum absolute atomic E-state index is 0.00530. The van der Waals surface area contributed by atoms with Crippen molar-refractivity contribution in [2.24, 2.45) is 11.5 Å². The van der Waals surface area contributed by atoms with Crippen molar-refractivity contribution in [2.75, 3.05) is 13.1 Å². The molecule has 0 saturated carbocycles. The lowest BCUT2D eigenvalue weighted by Crippen LogP contribution is -2.60. The van der Waals surface area contributed by atoms with Gasteiger partial charge in [-0.1, -0.05) is 36.4 Å². The number of nitrogens with one attached hydrogen (secondary N) is 11. The van der Waals surface area contributed by atoms with Crippen LogP contribution in [-0.4, -0.2) is 179 Å². The van der Waals surface area contributed by atoms with Crippen LogP contribution in [0.5, 0.6) is 0 Å². The fourth-order valence-corrected chi connectivity index (χ4v) is 9.55. The predicted molar refractivity (Wildman–Crippen MR) is 284 cm³/mol. The van der Waals surface area contributed by atoms with Gasteiger partial charge in [0.15, 0.2) is 5.78 Å². The van der Waals surface area contributed by atoms with Crippen molar-refractivity contribution in [2.45, 2.75) is 119 Å². The first-order valence-corrected chi connectivity index (χ1v) is 25.8. The average Bonchev–Trinajstić information content (AvgIpc) is 4.29. The maximum Gasteiger partial charge on any atom is 0.326 e. The number of nitrogens with zero attached hydrogens (tertiary/aromatic N) is 2. The second-order valence-electron chi connectivity index (χ2n) is 19.8. The number of primary amides is 1. The minimum atomic E-state index is -2.25. The molecule has 2 fully saturated rings. The van der Waals surface area contributed by atoms with Crippen molar-refractivity contribution in [3.05, 3.63) is 90.3 Å². The number of nitrogens with two attached hydrogens (primary N) is 2. The Labute approximate surface area is 460 Å². The van der Waals surface area contributed by atoms with Gasteiger partial charge in [-0.2, -0.15) is 0 Å². The third-order valence-electron chi connectivity index (χ3n) is 13.8. The van der Waals surface area contributed by atoms with E-state index in [1.807, 2.05) is 0 Å². The van der Waals surface area contributed by atoms with E-state index in [0.717, 1.165) is 4.90 Å². The number of aliphatic hydroxyl groups is 1. The van der Waals surface area contributed by atoms with Gasteiger partial charge in [0.1, 0.15) is 54.4 Å². The molecule has 0 bridgehead atoms.